The third-order valence-corrected chi connectivity index (χ3v) is 2.66. The van der Waals surface area contributed by atoms with Gasteiger partial charge < -0.3 is 5.32 Å². The van der Waals surface area contributed by atoms with Gasteiger partial charge in [-0.2, -0.15) is 11.8 Å². The molecule has 1 aliphatic rings. The molecule has 2 nitrogen and oxygen atoms in total. The van der Waals surface area contributed by atoms with Gasteiger partial charge in [-0.1, -0.05) is 0 Å². The molecule has 1 fully saturated rings. The molecule has 0 aromatic heterocycles. The van der Waals surface area contributed by atoms with E-state index in [9.17, 15) is 0 Å². The average Bonchev–Trinajstić information content (AvgIpc) is 2.01. The van der Waals surface area contributed by atoms with Crippen LogP contribution in [0.15, 0.2) is 0 Å². The lowest BCUT2D eigenvalue weighted by Gasteiger charge is -2.31. The Morgan fingerprint density at radius 3 is 3.09 bits per heavy atom. The van der Waals surface area contributed by atoms with Gasteiger partial charge in [-0.25, -0.2) is 0 Å². The number of rotatable bonds is 3. The molecule has 0 aliphatic carbocycles. The fourth-order valence-corrected chi connectivity index (χ4v) is 1.88. The topological polar surface area (TPSA) is 15.3 Å². The number of nitrogens with zero attached hydrogens (tertiary/aromatic N) is 1. The lowest BCUT2D eigenvalue weighted by Crippen LogP contribution is -2.49. The Balaban J connectivity index is 2.12. The molecule has 0 radical (unpaired) electrons. The second-order valence-electron chi connectivity index (χ2n) is 3.15. The summed E-state index contributed by atoms with van der Waals surface area (Å²) in [6.45, 7) is 7.12. The molecule has 1 aliphatic heterocycles. The van der Waals surface area contributed by atoms with Crippen molar-refractivity contribution in [2.75, 3.05) is 38.2 Å². The third kappa shape index (κ3) is 3.45. The van der Waals surface area contributed by atoms with E-state index < -0.39 is 0 Å². The summed E-state index contributed by atoms with van der Waals surface area (Å²) in [6.07, 6.45) is 2.17. The molecule has 66 valence electrons. The maximum absolute atomic E-state index is 3.44. The van der Waals surface area contributed by atoms with Gasteiger partial charge in [0.15, 0.2) is 0 Å². The average molecular weight is 174 g/mol. The van der Waals surface area contributed by atoms with Crippen molar-refractivity contribution in [1.29, 1.82) is 0 Å². The van der Waals surface area contributed by atoms with Crippen LogP contribution in [0.3, 0.4) is 0 Å². The smallest absolute Gasteiger partial charge is 0.0167 e. The van der Waals surface area contributed by atoms with Crippen LogP contribution in [0.4, 0.5) is 0 Å². The van der Waals surface area contributed by atoms with Gasteiger partial charge in [0.25, 0.3) is 0 Å². The zero-order valence-electron chi connectivity index (χ0n) is 7.47. The zero-order valence-corrected chi connectivity index (χ0v) is 8.28. The van der Waals surface area contributed by atoms with Crippen LogP contribution in [0.1, 0.15) is 6.92 Å². The SMILES string of the molecule is CSCCN1CCN[C@H](C)C1. The maximum atomic E-state index is 3.44. The van der Waals surface area contributed by atoms with E-state index in [1.54, 1.807) is 0 Å². The standard InChI is InChI=1S/C8H18N2S/c1-8-7-10(4-3-9-8)5-6-11-2/h8-9H,3-7H2,1-2H3/t8-/m1/s1. The number of piperazine rings is 1. The Morgan fingerprint density at radius 2 is 2.45 bits per heavy atom. The molecule has 1 saturated heterocycles. The highest BCUT2D eigenvalue weighted by molar-refractivity contribution is 7.98. The van der Waals surface area contributed by atoms with E-state index in [2.05, 4.69) is 23.4 Å². The van der Waals surface area contributed by atoms with Crippen LogP contribution in [-0.2, 0) is 0 Å². The van der Waals surface area contributed by atoms with E-state index >= 15 is 0 Å². The van der Waals surface area contributed by atoms with Crippen molar-refractivity contribution in [2.45, 2.75) is 13.0 Å². The van der Waals surface area contributed by atoms with Gasteiger partial charge in [-0.05, 0) is 13.2 Å². The van der Waals surface area contributed by atoms with Gasteiger partial charge in [0.1, 0.15) is 0 Å². The fraction of sp³-hybridized carbons (Fsp3) is 1.00. The van der Waals surface area contributed by atoms with E-state index in [0.717, 1.165) is 6.54 Å². The molecule has 0 unspecified atom stereocenters. The summed E-state index contributed by atoms with van der Waals surface area (Å²) in [4.78, 5) is 2.54. The highest BCUT2D eigenvalue weighted by Gasteiger charge is 2.13. The predicted octanol–water partition coefficient (Wildman–Crippen LogP) is 0.643. The van der Waals surface area contributed by atoms with Gasteiger partial charge in [-0.3, -0.25) is 4.90 Å². The Labute approximate surface area is 73.7 Å². The largest absolute Gasteiger partial charge is 0.312 e. The highest BCUT2D eigenvalue weighted by Crippen LogP contribution is 2.00. The zero-order chi connectivity index (χ0) is 8.10. The molecular formula is C8H18N2S. The first-order valence-electron chi connectivity index (χ1n) is 4.27. The van der Waals surface area contributed by atoms with Crippen molar-refractivity contribution in [2.24, 2.45) is 0 Å². The van der Waals surface area contributed by atoms with Gasteiger partial charge >= 0.3 is 0 Å². The second kappa shape index (κ2) is 5.01. The molecular weight excluding hydrogens is 156 g/mol. The number of hydrogen-bond acceptors (Lipinski definition) is 3. The number of nitrogens with one attached hydrogen (secondary N) is 1. The molecule has 0 spiro atoms. The molecule has 0 aromatic carbocycles. The molecule has 11 heavy (non-hydrogen) atoms. The first kappa shape index (κ1) is 9.36. The Bertz CT molecular complexity index is 108. The second-order valence-corrected chi connectivity index (χ2v) is 4.13. The highest BCUT2D eigenvalue weighted by atomic mass is 32.2. The van der Waals surface area contributed by atoms with Crippen molar-refractivity contribution >= 4 is 11.8 Å². The minimum absolute atomic E-state index is 0.686. The van der Waals surface area contributed by atoms with Crippen LogP contribution in [0.5, 0.6) is 0 Å². The van der Waals surface area contributed by atoms with E-state index in [4.69, 9.17) is 0 Å². The number of hydrogen-bond donors (Lipinski definition) is 1. The Morgan fingerprint density at radius 1 is 1.64 bits per heavy atom. The fourth-order valence-electron chi connectivity index (χ4n) is 1.44. The summed E-state index contributed by atoms with van der Waals surface area (Å²) in [5.41, 5.74) is 0. The summed E-state index contributed by atoms with van der Waals surface area (Å²) in [6, 6.07) is 0.686. The molecule has 1 heterocycles. The summed E-state index contributed by atoms with van der Waals surface area (Å²) in [5.74, 6) is 1.27. The van der Waals surface area contributed by atoms with E-state index in [-0.39, 0.29) is 0 Å². The first-order chi connectivity index (χ1) is 5.33. The lowest BCUT2D eigenvalue weighted by molar-refractivity contribution is 0.218. The predicted molar refractivity (Wildman–Crippen MR) is 52.3 cm³/mol. The van der Waals surface area contributed by atoms with Crippen LogP contribution < -0.4 is 5.32 Å². The summed E-state index contributed by atoms with van der Waals surface area (Å²) in [7, 11) is 0. The van der Waals surface area contributed by atoms with Gasteiger partial charge in [-0.15, -0.1) is 0 Å². The van der Waals surface area contributed by atoms with Crippen LogP contribution in [0, 0.1) is 0 Å². The van der Waals surface area contributed by atoms with Gasteiger partial charge in [0.2, 0.25) is 0 Å². The molecule has 1 N–H and O–H groups in total. The summed E-state index contributed by atoms with van der Waals surface area (Å²) >= 11 is 1.93. The summed E-state index contributed by atoms with van der Waals surface area (Å²) in [5, 5.41) is 3.44. The van der Waals surface area contributed by atoms with Crippen molar-refractivity contribution in [3.05, 3.63) is 0 Å². The number of thioether (sulfide) groups is 1. The molecule has 0 bridgehead atoms. The molecule has 3 heteroatoms. The minimum atomic E-state index is 0.686. The monoisotopic (exact) mass is 174 g/mol. The quantitative estimate of drug-likeness (QED) is 0.676. The molecule has 0 amide bonds. The van der Waals surface area contributed by atoms with Crippen molar-refractivity contribution < 1.29 is 0 Å². The van der Waals surface area contributed by atoms with E-state index in [0.29, 0.717) is 6.04 Å². The molecule has 0 aromatic rings. The van der Waals surface area contributed by atoms with Crippen LogP contribution in [0.25, 0.3) is 0 Å². The van der Waals surface area contributed by atoms with Gasteiger partial charge in [0.05, 0.1) is 0 Å². The molecule has 1 rings (SSSR count). The van der Waals surface area contributed by atoms with Crippen LogP contribution >= 0.6 is 11.8 Å². The Kier molecular flexibility index (Phi) is 4.26. The van der Waals surface area contributed by atoms with Crippen molar-refractivity contribution in [1.82, 2.24) is 10.2 Å². The van der Waals surface area contributed by atoms with E-state index in [1.807, 2.05) is 11.8 Å². The van der Waals surface area contributed by atoms with Crippen molar-refractivity contribution in [3.8, 4) is 0 Å². The van der Waals surface area contributed by atoms with Crippen LogP contribution in [-0.4, -0.2) is 49.1 Å². The van der Waals surface area contributed by atoms with Crippen LogP contribution in [0.2, 0.25) is 0 Å². The van der Waals surface area contributed by atoms with Gasteiger partial charge in [0, 0.05) is 38.0 Å². The third-order valence-electron chi connectivity index (χ3n) is 2.06. The Hall–Kier alpha value is 0.270. The molecule has 0 saturated carbocycles. The van der Waals surface area contributed by atoms with Crippen molar-refractivity contribution in [3.63, 3.8) is 0 Å². The first-order valence-corrected chi connectivity index (χ1v) is 5.67. The lowest BCUT2D eigenvalue weighted by atomic mass is 10.2. The maximum Gasteiger partial charge on any atom is 0.0167 e. The van der Waals surface area contributed by atoms with E-state index in [1.165, 1.54) is 25.4 Å². The minimum Gasteiger partial charge on any atom is -0.312 e. The summed E-state index contributed by atoms with van der Waals surface area (Å²) < 4.78 is 0. The normalized spacial score (nSPS) is 27.3. The molecule has 1 atom stereocenters.